The number of hydrogen-bond donors (Lipinski definition) is 0. The first-order valence-corrected chi connectivity index (χ1v) is 4.53. The van der Waals surface area contributed by atoms with Gasteiger partial charge in [-0.2, -0.15) is 0 Å². The van der Waals surface area contributed by atoms with E-state index in [1.807, 2.05) is 0 Å². The Labute approximate surface area is 81.6 Å². The third kappa shape index (κ3) is 1.51. The van der Waals surface area contributed by atoms with E-state index in [0.717, 1.165) is 12.7 Å². The summed E-state index contributed by atoms with van der Waals surface area (Å²) in [5.74, 6) is 0.664. The molecular formula is C10H10N2O2. The van der Waals surface area contributed by atoms with Gasteiger partial charge in [0.1, 0.15) is 12.1 Å². The SMILES string of the molecule is O=Cc1ccnc(N2CCCC2=O)c1. The average molecular weight is 190 g/mol. The molecule has 14 heavy (non-hydrogen) atoms. The fourth-order valence-corrected chi connectivity index (χ4v) is 1.55. The van der Waals surface area contributed by atoms with E-state index in [1.165, 1.54) is 0 Å². The predicted octanol–water partition coefficient (Wildman–Crippen LogP) is 1.02. The van der Waals surface area contributed by atoms with Crippen LogP contribution in [0.2, 0.25) is 0 Å². The van der Waals surface area contributed by atoms with Crippen LogP contribution in [0, 0.1) is 0 Å². The molecule has 0 N–H and O–H groups in total. The van der Waals surface area contributed by atoms with Crippen LogP contribution in [-0.2, 0) is 4.79 Å². The topological polar surface area (TPSA) is 50.3 Å². The smallest absolute Gasteiger partial charge is 0.228 e. The fraction of sp³-hybridized carbons (Fsp3) is 0.300. The van der Waals surface area contributed by atoms with Crippen molar-refractivity contribution in [3.05, 3.63) is 23.9 Å². The number of hydrogen-bond acceptors (Lipinski definition) is 3. The van der Waals surface area contributed by atoms with E-state index in [2.05, 4.69) is 4.98 Å². The number of aromatic nitrogens is 1. The third-order valence-electron chi connectivity index (χ3n) is 2.26. The van der Waals surface area contributed by atoms with Crippen molar-refractivity contribution < 1.29 is 9.59 Å². The molecule has 0 saturated carbocycles. The highest BCUT2D eigenvalue weighted by Gasteiger charge is 2.22. The van der Waals surface area contributed by atoms with E-state index < -0.39 is 0 Å². The van der Waals surface area contributed by atoms with Crippen molar-refractivity contribution in [3.63, 3.8) is 0 Å². The first-order chi connectivity index (χ1) is 6.81. The number of rotatable bonds is 2. The standard InChI is InChI=1S/C10H10N2O2/c13-7-8-3-4-11-9(6-8)12-5-1-2-10(12)14/h3-4,6-7H,1-2,5H2. The highest BCUT2D eigenvalue weighted by Crippen LogP contribution is 2.18. The molecule has 2 rings (SSSR count). The molecular weight excluding hydrogens is 180 g/mol. The van der Waals surface area contributed by atoms with E-state index in [4.69, 9.17) is 0 Å². The van der Waals surface area contributed by atoms with E-state index in [9.17, 15) is 9.59 Å². The molecule has 1 aliphatic heterocycles. The Morgan fingerprint density at radius 3 is 3.00 bits per heavy atom. The van der Waals surface area contributed by atoms with Gasteiger partial charge in [-0.25, -0.2) is 4.98 Å². The normalized spacial score (nSPS) is 16.0. The molecule has 1 aromatic heterocycles. The molecule has 0 unspecified atom stereocenters. The molecule has 1 saturated heterocycles. The second kappa shape index (κ2) is 3.57. The molecule has 1 amide bonds. The molecule has 0 radical (unpaired) electrons. The molecule has 4 heteroatoms. The van der Waals surface area contributed by atoms with E-state index in [-0.39, 0.29) is 5.91 Å². The summed E-state index contributed by atoms with van der Waals surface area (Å²) in [4.78, 5) is 27.6. The van der Waals surface area contributed by atoms with Gasteiger partial charge in [-0.05, 0) is 18.6 Å². The summed E-state index contributed by atoms with van der Waals surface area (Å²) in [5, 5.41) is 0. The molecule has 0 aromatic carbocycles. The minimum atomic E-state index is 0.0838. The van der Waals surface area contributed by atoms with Crippen molar-refractivity contribution in [2.24, 2.45) is 0 Å². The summed E-state index contributed by atoms with van der Waals surface area (Å²) in [6.07, 6.45) is 3.75. The highest BCUT2D eigenvalue weighted by atomic mass is 16.2. The number of carbonyl (C=O) groups is 2. The summed E-state index contributed by atoms with van der Waals surface area (Å²) in [6, 6.07) is 3.26. The number of nitrogens with zero attached hydrogens (tertiary/aromatic N) is 2. The second-order valence-electron chi connectivity index (χ2n) is 3.21. The van der Waals surface area contributed by atoms with Gasteiger partial charge in [0.2, 0.25) is 5.91 Å². The van der Waals surface area contributed by atoms with Gasteiger partial charge in [0.15, 0.2) is 0 Å². The summed E-state index contributed by atoms with van der Waals surface area (Å²) in [7, 11) is 0. The van der Waals surface area contributed by atoms with Gasteiger partial charge >= 0.3 is 0 Å². The lowest BCUT2D eigenvalue weighted by Gasteiger charge is -2.13. The first-order valence-electron chi connectivity index (χ1n) is 4.53. The van der Waals surface area contributed by atoms with Gasteiger partial charge in [0.25, 0.3) is 0 Å². The Hall–Kier alpha value is -1.71. The van der Waals surface area contributed by atoms with Crippen LogP contribution in [-0.4, -0.2) is 23.7 Å². The minimum Gasteiger partial charge on any atom is -0.298 e. The van der Waals surface area contributed by atoms with Crippen LogP contribution in [0.3, 0.4) is 0 Å². The molecule has 1 fully saturated rings. The van der Waals surface area contributed by atoms with E-state index in [0.29, 0.717) is 24.3 Å². The maximum absolute atomic E-state index is 11.4. The number of aldehydes is 1. The van der Waals surface area contributed by atoms with Crippen molar-refractivity contribution in [1.29, 1.82) is 0 Å². The average Bonchev–Trinajstić information content (AvgIpc) is 2.65. The van der Waals surface area contributed by atoms with Gasteiger partial charge in [-0.15, -0.1) is 0 Å². The number of pyridine rings is 1. The van der Waals surface area contributed by atoms with Crippen LogP contribution in [0.4, 0.5) is 5.82 Å². The Morgan fingerprint density at radius 2 is 2.36 bits per heavy atom. The van der Waals surface area contributed by atoms with Crippen LogP contribution in [0.15, 0.2) is 18.3 Å². The Bertz CT molecular complexity index is 376. The lowest BCUT2D eigenvalue weighted by Crippen LogP contribution is -2.24. The van der Waals surface area contributed by atoms with Crippen molar-refractivity contribution in [1.82, 2.24) is 4.98 Å². The van der Waals surface area contributed by atoms with Crippen molar-refractivity contribution >= 4 is 18.0 Å². The van der Waals surface area contributed by atoms with Gasteiger partial charge < -0.3 is 0 Å². The second-order valence-corrected chi connectivity index (χ2v) is 3.21. The van der Waals surface area contributed by atoms with Crippen LogP contribution >= 0.6 is 0 Å². The molecule has 0 bridgehead atoms. The maximum atomic E-state index is 11.4. The summed E-state index contributed by atoms with van der Waals surface area (Å²) >= 11 is 0. The van der Waals surface area contributed by atoms with E-state index >= 15 is 0 Å². The summed E-state index contributed by atoms with van der Waals surface area (Å²) < 4.78 is 0. The van der Waals surface area contributed by atoms with Crippen molar-refractivity contribution in [2.45, 2.75) is 12.8 Å². The fourth-order valence-electron chi connectivity index (χ4n) is 1.55. The van der Waals surface area contributed by atoms with Crippen LogP contribution < -0.4 is 4.90 Å². The molecule has 0 spiro atoms. The van der Waals surface area contributed by atoms with Crippen molar-refractivity contribution in [2.75, 3.05) is 11.4 Å². The largest absolute Gasteiger partial charge is 0.298 e. The first kappa shape index (κ1) is 8.87. The van der Waals surface area contributed by atoms with Crippen LogP contribution in [0.25, 0.3) is 0 Å². The molecule has 72 valence electrons. The zero-order valence-electron chi connectivity index (χ0n) is 7.64. The quantitative estimate of drug-likeness (QED) is 0.654. The number of anilines is 1. The molecule has 0 atom stereocenters. The summed E-state index contributed by atoms with van der Waals surface area (Å²) in [6.45, 7) is 0.703. The zero-order valence-corrected chi connectivity index (χ0v) is 7.64. The van der Waals surface area contributed by atoms with Gasteiger partial charge in [-0.3, -0.25) is 14.5 Å². The van der Waals surface area contributed by atoms with Gasteiger partial charge in [0, 0.05) is 24.7 Å². The Morgan fingerprint density at radius 1 is 1.50 bits per heavy atom. The number of amides is 1. The predicted molar refractivity (Wildman–Crippen MR) is 51.2 cm³/mol. The third-order valence-corrected chi connectivity index (χ3v) is 2.26. The van der Waals surface area contributed by atoms with E-state index in [1.54, 1.807) is 23.2 Å². The van der Waals surface area contributed by atoms with Crippen molar-refractivity contribution in [3.8, 4) is 0 Å². The maximum Gasteiger partial charge on any atom is 0.228 e. The molecule has 1 aromatic rings. The van der Waals surface area contributed by atoms with Gasteiger partial charge in [-0.1, -0.05) is 0 Å². The Balaban J connectivity index is 2.31. The van der Waals surface area contributed by atoms with Crippen LogP contribution in [0.5, 0.6) is 0 Å². The Kier molecular flexibility index (Phi) is 2.26. The molecule has 4 nitrogen and oxygen atoms in total. The molecule has 2 heterocycles. The zero-order chi connectivity index (χ0) is 9.97. The minimum absolute atomic E-state index is 0.0838. The highest BCUT2D eigenvalue weighted by molar-refractivity contribution is 5.95. The summed E-state index contributed by atoms with van der Waals surface area (Å²) in [5.41, 5.74) is 0.551. The van der Waals surface area contributed by atoms with Crippen LogP contribution in [0.1, 0.15) is 23.2 Å². The lowest BCUT2D eigenvalue weighted by molar-refractivity contribution is -0.117. The number of carbonyl (C=O) groups excluding carboxylic acids is 2. The lowest BCUT2D eigenvalue weighted by atomic mass is 10.3. The van der Waals surface area contributed by atoms with Gasteiger partial charge in [0.05, 0.1) is 0 Å². The molecule has 0 aliphatic carbocycles. The molecule has 1 aliphatic rings. The monoisotopic (exact) mass is 190 g/mol.